The first kappa shape index (κ1) is 13.4. The maximum atomic E-state index is 11.9. The highest BCUT2D eigenvalue weighted by atomic mass is 16.3. The molecule has 0 unspecified atom stereocenters. The zero-order valence-electron chi connectivity index (χ0n) is 12.0. The van der Waals surface area contributed by atoms with Crippen molar-refractivity contribution in [2.24, 2.45) is 0 Å². The SMILES string of the molecule is Cc1ncc2c(=O)[nH]n(-c3cccc(C(C)(C)O)n3)c2n1. The summed E-state index contributed by atoms with van der Waals surface area (Å²) in [6, 6.07) is 5.24. The molecule has 3 aromatic rings. The van der Waals surface area contributed by atoms with Crippen LogP contribution in [-0.4, -0.2) is 29.8 Å². The van der Waals surface area contributed by atoms with Crippen molar-refractivity contribution in [3.05, 3.63) is 46.3 Å². The Morgan fingerprint density at radius 1 is 1.29 bits per heavy atom. The molecule has 3 heterocycles. The molecular formula is C14H15N5O2. The first-order valence-electron chi connectivity index (χ1n) is 6.51. The number of H-pyrrole nitrogens is 1. The monoisotopic (exact) mass is 285 g/mol. The van der Waals surface area contributed by atoms with Gasteiger partial charge in [0.1, 0.15) is 16.8 Å². The number of hydrogen-bond donors (Lipinski definition) is 2. The van der Waals surface area contributed by atoms with E-state index in [1.165, 1.54) is 10.9 Å². The Kier molecular flexibility index (Phi) is 2.87. The van der Waals surface area contributed by atoms with Crippen LogP contribution in [0.3, 0.4) is 0 Å². The van der Waals surface area contributed by atoms with Crippen LogP contribution in [0, 0.1) is 6.92 Å². The predicted octanol–water partition coefficient (Wildman–Crippen LogP) is 1.04. The summed E-state index contributed by atoms with van der Waals surface area (Å²) >= 11 is 0. The second-order valence-electron chi connectivity index (χ2n) is 5.37. The van der Waals surface area contributed by atoms with Crippen molar-refractivity contribution in [2.45, 2.75) is 26.4 Å². The van der Waals surface area contributed by atoms with E-state index < -0.39 is 5.60 Å². The van der Waals surface area contributed by atoms with Gasteiger partial charge in [0, 0.05) is 6.20 Å². The summed E-state index contributed by atoms with van der Waals surface area (Å²) in [6.07, 6.45) is 1.49. The van der Waals surface area contributed by atoms with Gasteiger partial charge in [0.15, 0.2) is 11.5 Å². The van der Waals surface area contributed by atoms with E-state index in [0.29, 0.717) is 28.4 Å². The molecule has 108 valence electrons. The number of rotatable bonds is 2. The smallest absolute Gasteiger partial charge is 0.275 e. The first-order chi connectivity index (χ1) is 9.86. The van der Waals surface area contributed by atoms with Crippen LogP contribution in [-0.2, 0) is 5.60 Å². The third-order valence-electron chi connectivity index (χ3n) is 3.15. The normalized spacial score (nSPS) is 12.0. The quantitative estimate of drug-likeness (QED) is 0.733. The summed E-state index contributed by atoms with van der Waals surface area (Å²) in [4.78, 5) is 24.6. The molecule has 0 bridgehead atoms. The summed E-state index contributed by atoms with van der Waals surface area (Å²) in [5.74, 6) is 1.05. The van der Waals surface area contributed by atoms with Crippen molar-refractivity contribution in [3.63, 3.8) is 0 Å². The Balaban J connectivity index is 2.26. The lowest BCUT2D eigenvalue weighted by atomic mass is 10.1. The van der Waals surface area contributed by atoms with Gasteiger partial charge in [-0.05, 0) is 32.9 Å². The molecule has 0 saturated carbocycles. The summed E-state index contributed by atoms with van der Waals surface area (Å²) < 4.78 is 1.50. The topological polar surface area (TPSA) is 96.7 Å². The Morgan fingerprint density at radius 3 is 2.76 bits per heavy atom. The Bertz CT molecular complexity index is 873. The summed E-state index contributed by atoms with van der Waals surface area (Å²) in [5.41, 5.74) is -0.369. The number of hydrogen-bond acceptors (Lipinski definition) is 5. The van der Waals surface area contributed by atoms with Crippen LogP contribution in [0.25, 0.3) is 16.9 Å². The van der Waals surface area contributed by atoms with Gasteiger partial charge >= 0.3 is 0 Å². The van der Waals surface area contributed by atoms with E-state index in [1.807, 2.05) is 0 Å². The van der Waals surface area contributed by atoms with Crippen LogP contribution >= 0.6 is 0 Å². The van der Waals surface area contributed by atoms with Crippen molar-refractivity contribution in [1.29, 1.82) is 0 Å². The largest absolute Gasteiger partial charge is 0.384 e. The molecule has 0 spiro atoms. The lowest BCUT2D eigenvalue weighted by Crippen LogP contribution is -2.18. The standard InChI is InChI=1S/C14H15N5O2/c1-8-15-7-9-12(16-8)19(18-13(9)20)11-6-4-5-10(17-11)14(2,3)21/h4-7,21H,1-3H3,(H,18,20). The number of aliphatic hydroxyl groups is 1. The molecule has 0 aliphatic heterocycles. The van der Waals surface area contributed by atoms with Gasteiger partial charge in [-0.15, -0.1) is 0 Å². The zero-order valence-corrected chi connectivity index (χ0v) is 12.0. The molecule has 0 atom stereocenters. The van der Waals surface area contributed by atoms with Crippen molar-refractivity contribution in [1.82, 2.24) is 24.7 Å². The molecule has 0 fully saturated rings. The van der Waals surface area contributed by atoms with Gasteiger partial charge in [0.25, 0.3) is 5.56 Å². The summed E-state index contributed by atoms with van der Waals surface area (Å²) in [7, 11) is 0. The molecule has 21 heavy (non-hydrogen) atoms. The van der Waals surface area contributed by atoms with Crippen LogP contribution in [0.2, 0.25) is 0 Å². The van der Waals surface area contributed by atoms with Gasteiger partial charge in [0.2, 0.25) is 0 Å². The van der Waals surface area contributed by atoms with E-state index in [4.69, 9.17) is 0 Å². The second-order valence-corrected chi connectivity index (χ2v) is 5.37. The fourth-order valence-electron chi connectivity index (χ4n) is 2.06. The van der Waals surface area contributed by atoms with E-state index in [9.17, 15) is 9.90 Å². The molecule has 0 saturated heterocycles. The Labute approximate surface area is 120 Å². The van der Waals surface area contributed by atoms with E-state index in [-0.39, 0.29) is 5.56 Å². The van der Waals surface area contributed by atoms with Crippen molar-refractivity contribution >= 4 is 11.0 Å². The molecule has 3 rings (SSSR count). The number of aromatic amines is 1. The average molecular weight is 285 g/mol. The van der Waals surface area contributed by atoms with Gasteiger partial charge in [-0.1, -0.05) is 6.07 Å². The average Bonchev–Trinajstić information content (AvgIpc) is 2.75. The van der Waals surface area contributed by atoms with E-state index in [0.717, 1.165) is 0 Å². The Morgan fingerprint density at radius 2 is 2.05 bits per heavy atom. The molecular weight excluding hydrogens is 270 g/mol. The zero-order chi connectivity index (χ0) is 15.2. The lowest BCUT2D eigenvalue weighted by molar-refractivity contribution is 0.0738. The van der Waals surface area contributed by atoms with E-state index in [2.05, 4.69) is 20.1 Å². The van der Waals surface area contributed by atoms with Crippen molar-refractivity contribution < 1.29 is 5.11 Å². The van der Waals surface area contributed by atoms with E-state index in [1.54, 1.807) is 39.0 Å². The highest BCUT2D eigenvalue weighted by molar-refractivity contribution is 5.74. The number of nitrogens with one attached hydrogen (secondary N) is 1. The molecule has 2 N–H and O–H groups in total. The Hall–Kier alpha value is -2.54. The first-order valence-corrected chi connectivity index (χ1v) is 6.51. The molecule has 0 aliphatic rings. The fraction of sp³-hybridized carbons (Fsp3) is 0.286. The van der Waals surface area contributed by atoms with E-state index >= 15 is 0 Å². The minimum absolute atomic E-state index is 0.277. The lowest BCUT2D eigenvalue weighted by Gasteiger charge is -2.17. The van der Waals surface area contributed by atoms with Gasteiger partial charge in [0.05, 0.1) is 5.69 Å². The van der Waals surface area contributed by atoms with Crippen LogP contribution in [0.4, 0.5) is 0 Å². The molecule has 0 radical (unpaired) electrons. The molecule has 3 aromatic heterocycles. The molecule has 7 heteroatoms. The van der Waals surface area contributed by atoms with Gasteiger partial charge in [-0.25, -0.2) is 19.6 Å². The van der Waals surface area contributed by atoms with Gasteiger partial charge in [-0.3, -0.25) is 9.89 Å². The van der Waals surface area contributed by atoms with Crippen LogP contribution in [0.1, 0.15) is 25.4 Å². The minimum atomic E-state index is -1.07. The third kappa shape index (κ3) is 2.31. The van der Waals surface area contributed by atoms with Gasteiger partial charge in [-0.2, -0.15) is 0 Å². The number of aromatic nitrogens is 5. The van der Waals surface area contributed by atoms with Crippen molar-refractivity contribution in [2.75, 3.05) is 0 Å². The summed E-state index contributed by atoms with van der Waals surface area (Å²) in [6.45, 7) is 5.06. The maximum absolute atomic E-state index is 11.9. The molecule has 7 nitrogen and oxygen atoms in total. The minimum Gasteiger partial charge on any atom is -0.384 e. The third-order valence-corrected chi connectivity index (χ3v) is 3.15. The molecule has 0 aromatic carbocycles. The van der Waals surface area contributed by atoms with Crippen LogP contribution < -0.4 is 5.56 Å². The highest BCUT2D eigenvalue weighted by Gasteiger charge is 2.19. The predicted molar refractivity (Wildman–Crippen MR) is 77.3 cm³/mol. The summed E-state index contributed by atoms with van der Waals surface area (Å²) in [5, 5.41) is 13.1. The number of nitrogens with zero attached hydrogens (tertiary/aromatic N) is 4. The van der Waals surface area contributed by atoms with Crippen LogP contribution in [0.15, 0.2) is 29.2 Å². The molecule has 0 aliphatic carbocycles. The fourth-order valence-corrected chi connectivity index (χ4v) is 2.06. The van der Waals surface area contributed by atoms with Gasteiger partial charge < -0.3 is 5.11 Å². The number of aryl methyl sites for hydroxylation is 1. The number of fused-ring (bicyclic) bond motifs is 1. The number of pyridine rings is 1. The highest BCUT2D eigenvalue weighted by Crippen LogP contribution is 2.19. The second kappa shape index (κ2) is 4.49. The maximum Gasteiger partial charge on any atom is 0.275 e. The van der Waals surface area contributed by atoms with Crippen LogP contribution in [0.5, 0.6) is 0 Å². The molecule has 0 amide bonds. The van der Waals surface area contributed by atoms with Crippen molar-refractivity contribution in [3.8, 4) is 5.82 Å².